The Kier molecular flexibility index (Phi) is 6.80. The van der Waals surface area contributed by atoms with E-state index in [-0.39, 0.29) is 5.91 Å². The zero-order chi connectivity index (χ0) is 14.4. The van der Waals surface area contributed by atoms with Crippen LogP contribution in [0.25, 0.3) is 0 Å². The molecule has 0 aromatic carbocycles. The number of nitrogens with zero attached hydrogens (tertiary/aromatic N) is 1. The molecule has 0 aliphatic heterocycles. The summed E-state index contributed by atoms with van der Waals surface area (Å²) in [4.78, 5) is 11.7. The highest BCUT2D eigenvalue weighted by atomic mass is 32.2. The van der Waals surface area contributed by atoms with Crippen LogP contribution in [0, 0.1) is 0 Å². The highest BCUT2D eigenvalue weighted by molar-refractivity contribution is 7.88. The van der Waals surface area contributed by atoms with Gasteiger partial charge in [-0.3, -0.25) is 4.79 Å². The first-order valence-corrected chi connectivity index (χ1v) is 7.92. The third-order valence-electron chi connectivity index (χ3n) is 2.88. The molecule has 6 nitrogen and oxygen atoms in total. The van der Waals surface area contributed by atoms with E-state index in [1.807, 2.05) is 0 Å². The van der Waals surface area contributed by atoms with Gasteiger partial charge in [0.25, 0.3) is 0 Å². The zero-order valence-corrected chi connectivity index (χ0v) is 12.7. The van der Waals surface area contributed by atoms with Crippen molar-refractivity contribution in [3.8, 4) is 0 Å². The van der Waals surface area contributed by atoms with Crippen LogP contribution in [0.2, 0.25) is 0 Å². The van der Waals surface area contributed by atoms with Crippen molar-refractivity contribution < 1.29 is 13.2 Å². The van der Waals surface area contributed by atoms with Crippen LogP contribution in [0.3, 0.4) is 0 Å². The minimum absolute atomic E-state index is 0.0904. The van der Waals surface area contributed by atoms with Crippen molar-refractivity contribution in [1.82, 2.24) is 14.9 Å². The molecular weight excluding hydrogens is 254 g/mol. The van der Waals surface area contributed by atoms with Crippen LogP contribution in [0.15, 0.2) is 0 Å². The predicted molar refractivity (Wildman–Crippen MR) is 72.9 cm³/mol. The highest BCUT2D eigenvalue weighted by Gasteiger charge is 2.24. The van der Waals surface area contributed by atoms with E-state index in [2.05, 4.69) is 10.6 Å². The molecule has 0 unspecified atom stereocenters. The monoisotopic (exact) mass is 279 g/mol. The Bertz CT molecular complexity index is 366. The first kappa shape index (κ1) is 17.3. The van der Waals surface area contributed by atoms with Gasteiger partial charge in [-0.2, -0.15) is 0 Å². The Morgan fingerprint density at radius 3 is 2.28 bits per heavy atom. The number of sulfonamides is 1. The lowest BCUT2D eigenvalue weighted by Crippen LogP contribution is -2.51. The molecule has 0 spiro atoms. The van der Waals surface area contributed by atoms with Gasteiger partial charge >= 0.3 is 0 Å². The van der Waals surface area contributed by atoms with Crippen LogP contribution >= 0.6 is 0 Å². The van der Waals surface area contributed by atoms with Gasteiger partial charge in [0.15, 0.2) is 0 Å². The molecule has 0 radical (unpaired) electrons. The lowest BCUT2D eigenvalue weighted by molar-refractivity contribution is -0.126. The zero-order valence-electron chi connectivity index (χ0n) is 11.9. The molecule has 18 heavy (non-hydrogen) atoms. The lowest BCUT2D eigenvalue weighted by Gasteiger charge is -2.23. The second kappa shape index (κ2) is 7.06. The smallest absolute Gasteiger partial charge is 0.239 e. The molecule has 2 N–H and O–H groups in total. The van der Waals surface area contributed by atoms with E-state index >= 15 is 0 Å². The van der Waals surface area contributed by atoms with Crippen molar-refractivity contribution in [2.75, 3.05) is 32.9 Å². The quantitative estimate of drug-likeness (QED) is 0.602. The van der Waals surface area contributed by atoms with E-state index in [9.17, 15) is 13.2 Å². The molecule has 0 bridgehead atoms. The van der Waals surface area contributed by atoms with Gasteiger partial charge in [-0.05, 0) is 27.3 Å². The molecule has 0 aliphatic carbocycles. The second-order valence-electron chi connectivity index (χ2n) is 4.74. The number of likely N-dealkylation sites (N-methyl/N-ethyl adjacent to an activating group) is 1. The normalized spacial score (nSPS) is 12.8. The van der Waals surface area contributed by atoms with Gasteiger partial charge in [-0.15, -0.1) is 0 Å². The van der Waals surface area contributed by atoms with Crippen molar-refractivity contribution in [2.24, 2.45) is 0 Å². The van der Waals surface area contributed by atoms with Gasteiger partial charge in [0.1, 0.15) is 0 Å². The molecular formula is C11H25N3O3S. The molecule has 7 heteroatoms. The van der Waals surface area contributed by atoms with Crippen molar-refractivity contribution in [3.63, 3.8) is 0 Å². The number of rotatable bonds is 8. The number of hydrogen-bond donors (Lipinski definition) is 2. The Labute approximate surface area is 110 Å². The van der Waals surface area contributed by atoms with Crippen LogP contribution < -0.4 is 10.6 Å². The number of amides is 1. The van der Waals surface area contributed by atoms with Crippen molar-refractivity contribution in [1.29, 1.82) is 0 Å². The van der Waals surface area contributed by atoms with Gasteiger partial charge < -0.3 is 10.6 Å². The number of hydrogen-bond acceptors (Lipinski definition) is 4. The maximum atomic E-state index is 11.7. The SMILES string of the molecule is CCN(CCCNC(=O)C(C)(C)NC)S(C)(=O)=O. The summed E-state index contributed by atoms with van der Waals surface area (Å²) in [5.41, 5.74) is -0.610. The van der Waals surface area contributed by atoms with Crippen LogP contribution in [-0.4, -0.2) is 57.1 Å². The Morgan fingerprint density at radius 1 is 1.33 bits per heavy atom. The molecule has 0 saturated heterocycles. The standard InChI is InChI=1S/C11H25N3O3S/c1-6-14(18(5,16)17)9-7-8-13-10(15)11(2,3)12-4/h12H,6-9H2,1-5H3,(H,13,15). The van der Waals surface area contributed by atoms with E-state index in [1.54, 1.807) is 27.8 Å². The topological polar surface area (TPSA) is 78.5 Å². The average molecular weight is 279 g/mol. The molecule has 0 heterocycles. The van der Waals surface area contributed by atoms with Gasteiger partial charge in [0, 0.05) is 19.6 Å². The fraction of sp³-hybridized carbons (Fsp3) is 0.909. The average Bonchev–Trinajstić information content (AvgIpc) is 2.26. The van der Waals surface area contributed by atoms with Crippen LogP contribution in [0.1, 0.15) is 27.2 Å². The summed E-state index contributed by atoms with van der Waals surface area (Å²) in [7, 11) is -1.42. The summed E-state index contributed by atoms with van der Waals surface area (Å²) < 4.78 is 24.0. The Balaban J connectivity index is 4.05. The third-order valence-corrected chi connectivity index (χ3v) is 4.26. The third kappa shape index (κ3) is 5.79. The van der Waals surface area contributed by atoms with E-state index in [0.717, 1.165) is 0 Å². The summed E-state index contributed by atoms with van der Waals surface area (Å²) in [5.74, 6) is -0.0904. The maximum Gasteiger partial charge on any atom is 0.239 e. The molecule has 0 aromatic heterocycles. The first-order chi connectivity index (χ1) is 8.15. The minimum Gasteiger partial charge on any atom is -0.354 e. The van der Waals surface area contributed by atoms with Crippen molar-refractivity contribution in [3.05, 3.63) is 0 Å². The lowest BCUT2D eigenvalue weighted by atomic mass is 10.1. The van der Waals surface area contributed by atoms with E-state index in [1.165, 1.54) is 10.6 Å². The van der Waals surface area contributed by atoms with Gasteiger partial charge in [0.2, 0.25) is 15.9 Å². The largest absolute Gasteiger partial charge is 0.354 e. The van der Waals surface area contributed by atoms with E-state index in [0.29, 0.717) is 26.1 Å². The van der Waals surface area contributed by atoms with Crippen LogP contribution in [-0.2, 0) is 14.8 Å². The number of nitrogens with one attached hydrogen (secondary N) is 2. The summed E-state index contributed by atoms with van der Waals surface area (Å²) in [5, 5.41) is 5.69. The maximum absolute atomic E-state index is 11.7. The number of carbonyl (C=O) groups is 1. The Hall–Kier alpha value is -0.660. The fourth-order valence-corrected chi connectivity index (χ4v) is 2.28. The molecule has 0 aromatic rings. The van der Waals surface area contributed by atoms with E-state index in [4.69, 9.17) is 0 Å². The van der Waals surface area contributed by atoms with E-state index < -0.39 is 15.6 Å². The minimum atomic E-state index is -3.14. The highest BCUT2D eigenvalue weighted by Crippen LogP contribution is 2.01. The van der Waals surface area contributed by atoms with Gasteiger partial charge in [-0.1, -0.05) is 6.92 Å². The summed E-state index contributed by atoms with van der Waals surface area (Å²) >= 11 is 0. The van der Waals surface area contributed by atoms with Gasteiger partial charge in [-0.25, -0.2) is 12.7 Å². The first-order valence-electron chi connectivity index (χ1n) is 6.07. The van der Waals surface area contributed by atoms with Crippen molar-refractivity contribution >= 4 is 15.9 Å². The molecule has 108 valence electrons. The molecule has 0 aliphatic rings. The number of carbonyl (C=O) groups excluding carboxylic acids is 1. The summed E-state index contributed by atoms with van der Waals surface area (Å²) in [6.45, 7) is 6.72. The molecule has 0 saturated carbocycles. The molecule has 1 amide bonds. The Morgan fingerprint density at radius 2 is 1.89 bits per heavy atom. The molecule has 0 rings (SSSR count). The summed E-state index contributed by atoms with van der Waals surface area (Å²) in [6.07, 6.45) is 1.80. The fourth-order valence-electron chi connectivity index (χ4n) is 1.35. The predicted octanol–water partition coefficient (Wildman–Crippen LogP) is -0.228. The molecule has 0 fully saturated rings. The second-order valence-corrected chi connectivity index (χ2v) is 6.72. The van der Waals surface area contributed by atoms with Gasteiger partial charge in [0.05, 0.1) is 11.8 Å². The van der Waals surface area contributed by atoms with Crippen LogP contribution in [0.4, 0.5) is 0 Å². The summed E-state index contributed by atoms with van der Waals surface area (Å²) in [6, 6.07) is 0. The van der Waals surface area contributed by atoms with Crippen molar-refractivity contribution in [2.45, 2.75) is 32.7 Å². The van der Waals surface area contributed by atoms with Crippen LogP contribution in [0.5, 0.6) is 0 Å². The molecule has 0 atom stereocenters.